The average molecular weight is 300 g/mol. The van der Waals surface area contributed by atoms with Gasteiger partial charge in [-0.1, -0.05) is 32.0 Å². The Hall–Kier alpha value is -1.81. The Balaban J connectivity index is 2.01. The first kappa shape index (κ1) is 15.1. The summed E-state index contributed by atoms with van der Waals surface area (Å²) in [5.41, 5.74) is 1.87. The molecular formula is C18H24N2O2. The molecule has 1 saturated heterocycles. The van der Waals surface area contributed by atoms with E-state index >= 15 is 0 Å². The van der Waals surface area contributed by atoms with E-state index < -0.39 is 0 Å². The third-order valence-electron chi connectivity index (χ3n) is 4.43. The maximum Gasteiger partial charge on any atom is 0.256 e. The summed E-state index contributed by atoms with van der Waals surface area (Å²) >= 11 is 0. The summed E-state index contributed by atoms with van der Waals surface area (Å²) in [6.07, 6.45) is 3.86. The Morgan fingerprint density at radius 3 is 2.86 bits per heavy atom. The zero-order valence-corrected chi connectivity index (χ0v) is 13.3. The van der Waals surface area contributed by atoms with Gasteiger partial charge in [-0.25, -0.2) is 0 Å². The van der Waals surface area contributed by atoms with E-state index in [1.807, 2.05) is 29.3 Å². The second-order valence-corrected chi connectivity index (χ2v) is 6.58. The second-order valence-electron chi connectivity index (χ2n) is 6.58. The smallest absolute Gasteiger partial charge is 0.256 e. The average Bonchev–Trinajstić information content (AvgIpc) is 3.11. The summed E-state index contributed by atoms with van der Waals surface area (Å²) in [4.78, 5) is 14.8. The van der Waals surface area contributed by atoms with Crippen LogP contribution in [0.2, 0.25) is 0 Å². The van der Waals surface area contributed by atoms with Gasteiger partial charge < -0.3 is 14.6 Å². The molecule has 1 amide bonds. The highest BCUT2D eigenvalue weighted by molar-refractivity contribution is 6.07. The molecule has 2 aromatic rings. The molecule has 4 heteroatoms. The predicted octanol–water partition coefficient (Wildman–Crippen LogP) is 2.89. The van der Waals surface area contributed by atoms with E-state index in [9.17, 15) is 9.90 Å². The Kier molecular flexibility index (Phi) is 4.21. The number of para-hydroxylation sites is 1. The molecule has 2 heterocycles. The van der Waals surface area contributed by atoms with Gasteiger partial charge in [0.2, 0.25) is 0 Å². The fourth-order valence-electron chi connectivity index (χ4n) is 3.41. The van der Waals surface area contributed by atoms with E-state index in [4.69, 9.17) is 0 Å². The van der Waals surface area contributed by atoms with Gasteiger partial charge in [0.15, 0.2) is 0 Å². The SMILES string of the molecule is CC(C)Cn1cc(C(=O)N2CCC[C@@H]2CO)c2ccccc21. The molecule has 0 bridgehead atoms. The van der Waals surface area contributed by atoms with Crippen molar-refractivity contribution in [2.24, 2.45) is 5.92 Å². The summed E-state index contributed by atoms with van der Waals surface area (Å²) in [6, 6.07) is 8.05. The van der Waals surface area contributed by atoms with Gasteiger partial charge in [0, 0.05) is 30.2 Å². The van der Waals surface area contributed by atoms with Crippen LogP contribution < -0.4 is 0 Å². The number of fused-ring (bicyclic) bond motifs is 1. The lowest BCUT2D eigenvalue weighted by atomic mass is 10.1. The number of carbonyl (C=O) groups excluding carboxylic acids is 1. The van der Waals surface area contributed by atoms with Crippen LogP contribution in [0.1, 0.15) is 37.0 Å². The summed E-state index contributed by atoms with van der Waals surface area (Å²) in [6.45, 7) is 6.05. The molecule has 1 aromatic heterocycles. The summed E-state index contributed by atoms with van der Waals surface area (Å²) in [7, 11) is 0. The number of aliphatic hydroxyl groups is 1. The van der Waals surface area contributed by atoms with E-state index in [1.54, 1.807) is 0 Å². The van der Waals surface area contributed by atoms with Gasteiger partial charge in [-0.05, 0) is 24.8 Å². The molecule has 1 aliphatic heterocycles. The normalized spacial score (nSPS) is 18.5. The largest absolute Gasteiger partial charge is 0.394 e. The van der Waals surface area contributed by atoms with Crippen molar-refractivity contribution in [1.29, 1.82) is 0 Å². The molecule has 4 nitrogen and oxygen atoms in total. The number of aromatic nitrogens is 1. The number of likely N-dealkylation sites (tertiary alicyclic amines) is 1. The van der Waals surface area contributed by atoms with Crippen LogP contribution in [0.4, 0.5) is 0 Å². The van der Waals surface area contributed by atoms with Crippen LogP contribution >= 0.6 is 0 Å². The standard InChI is InChI=1S/C18H24N2O2/c1-13(2)10-19-11-16(15-7-3-4-8-17(15)19)18(22)20-9-5-6-14(20)12-21/h3-4,7-8,11,13-14,21H,5-6,9-10,12H2,1-2H3/t14-/m1/s1. The number of amides is 1. The van der Waals surface area contributed by atoms with Crippen molar-refractivity contribution in [3.05, 3.63) is 36.0 Å². The monoisotopic (exact) mass is 300 g/mol. The zero-order chi connectivity index (χ0) is 15.7. The zero-order valence-electron chi connectivity index (χ0n) is 13.3. The van der Waals surface area contributed by atoms with Crippen LogP contribution in [0.3, 0.4) is 0 Å². The lowest BCUT2D eigenvalue weighted by Crippen LogP contribution is -2.37. The summed E-state index contributed by atoms with van der Waals surface area (Å²) in [5.74, 6) is 0.575. The van der Waals surface area contributed by atoms with Crippen LogP contribution in [-0.4, -0.2) is 39.7 Å². The molecule has 0 spiro atoms. The number of hydrogen-bond acceptors (Lipinski definition) is 2. The molecule has 1 aromatic carbocycles. The van der Waals surface area contributed by atoms with Crippen LogP contribution in [0.25, 0.3) is 10.9 Å². The minimum Gasteiger partial charge on any atom is -0.394 e. The first-order valence-electron chi connectivity index (χ1n) is 8.11. The highest BCUT2D eigenvalue weighted by atomic mass is 16.3. The van der Waals surface area contributed by atoms with Gasteiger partial charge in [-0.3, -0.25) is 4.79 Å². The van der Waals surface area contributed by atoms with Crippen molar-refractivity contribution in [2.75, 3.05) is 13.2 Å². The number of aliphatic hydroxyl groups excluding tert-OH is 1. The minimum atomic E-state index is -0.0280. The van der Waals surface area contributed by atoms with Crippen LogP contribution in [0.5, 0.6) is 0 Å². The van der Waals surface area contributed by atoms with Crippen molar-refractivity contribution in [3.8, 4) is 0 Å². The van der Waals surface area contributed by atoms with Gasteiger partial charge in [0.05, 0.1) is 18.2 Å². The summed E-state index contributed by atoms with van der Waals surface area (Å²) < 4.78 is 2.18. The third-order valence-corrected chi connectivity index (χ3v) is 4.43. The molecule has 0 saturated carbocycles. The van der Waals surface area contributed by atoms with Crippen LogP contribution in [0, 0.1) is 5.92 Å². The predicted molar refractivity (Wildman–Crippen MR) is 87.9 cm³/mol. The molecule has 22 heavy (non-hydrogen) atoms. The van der Waals surface area contributed by atoms with Crippen molar-refractivity contribution >= 4 is 16.8 Å². The molecule has 1 atom stereocenters. The second kappa shape index (κ2) is 6.13. The van der Waals surface area contributed by atoms with Crippen LogP contribution in [0.15, 0.2) is 30.5 Å². The topological polar surface area (TPSA) is 45.5 Å². The third kappa shape index (κ3) is 2.63. The number of hydrogen-bond donors (Lipinski definition) is 1. The first-order chi connectivity index (χ1) is 10.6. The van der Waals surface area contributed by atoms with E-state index in [-0.39, 0.29) is 18.6 Å². The summed E-state index contributed by atoms with van der Waals surface area (Å²) in [5, 5.41) is 10.5. The van der Waals surface area contributed by atoms with E-state index in [0.29, 0.717) is 5.92 Å². The van der Waals surface area contributed by atoms with Gasteiger partial charge in [0.1, 0.15) is 0 Å². The molecule has 1 aliphatic rings. The quantitative estimate of drug-likeness (QED) is 0.943. The Morgan fingerprint density at radius 1 is 1.36 bits per heavy atom. The first-order valence-corrected chi connectivity index (χ1v) is 8.11. The van der Waals surface area contributed by atoms with Gasteiger partial charge in [0.25, 0.3) is 5.91 Å². The molecule has 0 unspecified atom stereocenters. The Bertz CT molecular complexity index is 675. The molecule has 0 radical (unpaired) electrons. The van der Waals surface area contributed by atoms with Crippen molar-refractivity contribution in [1.82, 2.24) is 9.47 Å². The highest BCUT2D eigenvalue weighted by Crippen LogP contribution is 2.26. The van der Waals surface area contributed by atoms with Crippen molar-refractivity contribution in [2.45, 2.75) is 39.3 Å². The van der Waals surface area contributed by atoms with Gasteiger partial charge in [-0.15, -0.1) is 0 Å². The van der Waals surface area contributed by atoms with Gasteiger partial charge >= 0.3 is 0 Å². The van der Waals surface area contributed by atoms with Crippen LogP contribution in [-0.2, 0) is 6.54 Å². The Morgan fingerprint density at radius 2 is 2.14 bits per heavy atom. The minimum absolute atomic E-state index is 0.0280. The van der Waals surface area contributed by atoms with E-state index in [1.165, 1.54) is 0 Å². The number of carbonyl (C=O) groups is 1. The van der Waals surface area contributed by atoms with E-state index in [0.717, 1.165) is 42.4 Å². The molecule has 118 valence electrons. The van der Waals surface area contributed by atoms with Gasteiger partial charge in [-0.2, -0.15) is 0 Å². The maximum atomic E-state index is 12.9. The van der Waals surface area contributed by atoms with Crippen molar-refractivity contribution < 1.29 is 9.90 Å². The van der Waals surface area contributed by atoms with E-state index in [2.05, 4.69) is 24.5 Å². The highest BCUT2D eigenvalue weighted by Gasteiger charge is 2.30. The maximum absolute atomic E-state index is 12.9. The molecule has 0 aliphatic carbocycles. The Labute approximate surface area is 131 Å². The van der Waals surface area contributed by atoms with Crippen molar-refractivity contribution in [3.63, 3.8) is 0 Å². The number of rotatable bonds is 4. The number of nitrogens with zero attached hydrogens (tertiary/aromatic N) is 2. The molecule has 1 fully saturated rings. The molecule has 1 N–H and O–H groups in total. The lowest BCUT2D eigenvalue weighted by molar-refractivity contribution is 0.0679. The fourth-order valence-corrected chi connectivity index (χ4v) is 3.41. The molecular weight excluding hydrogens is 276 g/mol. The lowest BCUT2D eigenvalue weighted by Gasteiger charge is -2.22. The number of benzene rings is 1. The fraction of sp³-hybridized carbons (Fsp3) is 0.500. The molecule has 3 rings (SSSR count).